The molecule has 5 heteroatoms. The Kier molecular flexibility index (Phi) is 3.67. The van der Waals surface area contributed by atoms with E-state index in [1.54, 1.807) is 18.3 Å². The summed E-state index contributed by atoms with van der Waals surface area (Å²) < 4.78 is 13.0. The molecule has 2 N–H and O–H groups in total. The van der Waals surface area contributed by atoms with Crippen LogP contribution in [0.2, 0.25) is 5.02 Å². The van der Waals surface area contributed by atoms with Gasteiger partial charge in [-0.2, -0.15) is 0 Å². The van der Waals surface area contributed by atoms with E-state index in [9.17, 15) is 9.50 Å². The Morgan fingerprint density at radius 1 is 1.33 bits per heavy atom. The molecule has 3 nitrogen and oxygen atoms in total. The van der Waals surface area contributed by atoms with Crippen molar-refractivity contribution in [1.29, 1.82) is 0 Å². The van der Waals surface area contributed by atoms with Gasteiger partial charge in [-0.05, 0) is 36.8 Å². The quantitative estimate of drug-likeness (QED) is 0.832. The summed E-state index contributed by atoms with van der Waals surface area (Å²) in [5, 5.41) is 12.7. The molecular weight excluding hydrogens is 255 g/mol. The number of hydrogen-bond donors (Lipinski definition) is 2. The molecule has 1 aromatic heterocycles. The normalized spacial score (nSPS) is 12.2. The first-order chi connectivity index (χ1) is 8.56. The second-order valence-corrected chi connectivity index (χ2v) is 4.38. The number of phenols is 1. The summed E-state index contributed by atoms with van der Waals surface area (Å²) in [7, 11) is 0. The molecule has 94 valence electrons. The third kappa shape index (κ3) is 2.90. The van der Waals surface area contributed by atoms with Crippen molar-refractivity contribution in [2.75, 3.05) is 5.32 Å². The lowest BCUT2D eigenvalue weighted by atomic mass is 10.1. The number of nitrogens with one attached hydrogen (secondary N) is 1. The van der Waals surface area contributed by atoms with Crippen LogP contribution in [-0.4, -0.2) is 10.1 Å². The molecule has 0 aliphatic rings. The number of rotatable bonds is 3. The van der Waals surface area contributed by atoms with E-state index < -0.39 is 0 Å². The van der Waals surface area contributed by atoms with Crippen molar-refractivity contribution in [2.24, 2.45) is 0 Å². The maximum absolute atomic E-state index is 13.0. The number of aromatic nitrogens is 1. The maximum atomic E-state index is 13.0. The Morgan fingerprint density at radius 2 is 2.11 bits per heavy atom. The molecule has 0 saturated heterocycles. The zero-order valence-electron chi connectivity index (χ0n) is 9.69. The Labute approximate surface area is 109 Å². The van der Waals surface area contributed by atoms with E-state index in [4.69, 9.17) is 11.6 Å². The second-order valence-electron chi connectivity index (χ2n) is 3.97. The van der Waals surface area contributed by atoms with Crippen LogP contribution in [-0.2, 0) is 0 Å². The molecule has 0 radical (unpaired) electrons. The van der Waals surface area contributed by atoms with Crippen molar-refractivity contribution >= 4 is 17.3 Å². The van der Waals surface area contributed by atoms with Gasteiger partial charge in [-0.15, -0.1) is 0 Å². The monoisotopic (exact) mass is 266 g/mol. The zero-order valence-corrected chi connectivity index (χ0v) is 10.4. The lowest BCUT2D eigenvalue weighted by Crippen LogP contribution is -2.07. The SMILES string of the molecule is CC(Nc1ccc(O)c(Cl)c1)c1cncc(F)c1. The van der Waals surface area contributed by atoms with Gasteiger partial charge >= 0.3 is 0 Å². The first-order valence-electron chi connectivity index (χ1n) is 5.42. The second kappa shape index (κ2) is 5.23. The minimum atomic E-state index is -0.370. The van der Waals surface area contributed by atoms with Crippen LogP contribution in [0.3, 0.4) is 0 Å². The van der Waals surface area contributed by atoms with Crippen molar-refractivity contribution in [3.63, 3.8) is 0 Å². The highest BCUT2D eigenvalue weighted by atomic mass is 35.5. The lowest BCUT2D eigenvalue weighted by molar-refractivity contribution is 0.475. The molecule has 1 heterocycles. The summed E-state index contributed by atoms with van der Waals surface area (Å²) in [6.45, 7) is 1.89. The van der Waals surface area contributed by atoms with Gasteiger partial charge in [-0.3, -0.25) is 4.98 Å². The third-order valence-electron chi connectivity index (χ3n) is 2.56. The van der Waals surface area contributed by atoms with Crippen LogP contribution in [0.1, 0.15) is 18.5 Å². The van der Waals surface area contributed by atoms with Gasteiger partial charge in [-0.25, -0.2) is 4.39 Å². The molecule has 0 spiro atoms. The van der Waals surface area contributed by atoms with Crippen LogP contribution >= 0.6 is 11.6 Å². The van der Waals surface area contributed by atoms with Crippen LogP contribution < -0.4 is 5.32 Å². The van der Waals surface area contributed by atoms with E-state index in [0.29, 0.717) is 0 Å². The maximum Gasteiger partial charge on any atom is 0.141 e. The third-order valence-corrected chi connectivity index (χ3v) is 2.86. The van der Waals surface area contributed by atoms with Crippen LogP contribution in [0.5, 0.6) is 5.75 Å². The van der Waals surface area contributed by atoms with Crippen molar-refractivity contribution in [1.82, 2.24) is 4.98 Å². The molecular formula is C13H12ClFN2O. The highest BCUT2D eigenvalue weighted by molar-refractivity contribution is 6.32. The predicted octanol–water partition coefficient (Wildman–Crippen LogP) is 3.75. The fraction of sp³-hybridized carbons (Fsp3) is 0.154. The standard InChI is InChI=1S/C13H12ClFN2O/c1-8(9-4-10(15)7-16-6-9)17-11-2-3-13(18)12(14)5-11/h2-8,17-18H,1H3. The van der Waals surface area contributed by atoms with Gasteiger partial charge in [0.15, 0.2) is 0 Å². The number of pyridine rings is 1. The topological polar surface area (TPSA) is 45.1 Å². The highest BCUT2D eigenvalue weighted by Crippen LogP contribution is 2.28. The summed E-state index contributed by atoms with van der Waals surface area (Å²) in [6.07, 6.45) is 2.76. The van der Waals surface area contributed by atoms with Gasteiger partial charge in [0.05, 0.1) is 17.3 Å². The number of aromatic hydroxyl groups is 1. The van der Waals surface area contributed by atoms with E-state index >= 15 is 0 Å². The van der Waals surface area contributed by atoms with Crippen LogP contribution in [0.15, 0.2) is 36.7 Å². The van der Waals surface area contributed by atoms with E-state index in [2.05, 4.69) is 10.3 Å². The number of halogens is 2. The Balaban J connectivity index is 2.16. The van der Waals surface area contributed by atoms with Gasteiger partial charge in [0.25, 0.3) is 0 Å². The molecule has 0 bridgehead atoms. The number of phenolic OH excluding ortho intramolecular Hbond substituents is 1. The van der Waals surface area contributed by atoms with E-state index in [1.807, 2.05) is 6.92 Å². The first kappa shape index (κ1) is 12.6. The van der Waals surface area contributed by atoms with Gasteiger partial charge in [0.2, 0.25) is 0 Å². The summed E-state index contributed by atoms with van der Waals surface area (Å²) in [5.74, 6) is -0.341. The summed E-state index contributed by atoms with van der Waals surface area (Å²) >= 11 is 5.81. The van der Waals surface area contributed by atoms with E-state index in [1.165, 1.54) is 12.1 Å². The average Bonchev–Trinajstić information content (AvgIpc) is 2.34. The Bertz CT molecular complexity index is 562. The molecule has 18 heavy (non-hydrogen) atoms. The molecule has 0 fully saturated rings. The lowest BCUT2D eigenvalue weighted by Gasteiger charge is -2.15. The average molecular weight is 267 g/mol. The summed E-state index contributed by atoms with van der Waals surface area (Å²) in [5.41, 5.74) is 1.48. The Hall–Kier alpha value is -1.81. The van der Waals surface area contributed by atoms with E-state index in [-0.39, 0.29) is 22.6 Å². The number of benzene rings is 1. The van der Waals surface area contributed by atoms with Crippen molar-refractivity contribution < 1.29 is 9.50 Å². The smallest absolute Gasteiger partial charge is 0.141 e. The van der Waals surface area contributed by atoms with Crippen LogP contribution in [0, 0.1) is 5.82 Å². The van der Waals surface area contributed by atoms with Gasteiger partial charge < -0.3 is 10.4 Å². The number of nitrogens with zero attached hydrogens (tertiary/aromatic N) is 1. The van der Waals surface area contributed by atoms with Gasteiger partial charge in [-0.1, -0.05) is 11.6 Å². The molecule has 0 amide bonds. The van der Waals surface area contributed by atoms with Crippen molar-refractivity contribution in [3.8, 4) is 5.75 Å². The zero-order chi connectivity index (χ0) is 13.1. The largest absolute Gasteiger partial charge is 0.506 e. The van der Waals surface area contributed by atoms with Crippen molar-refractivity contribution in [2.45, 2.75) is 13.0 Å². The number of hydrogen-bond acceptors (Lipinski definition) is 3. The highest BCUT2D eigenvalue weighted by Gasteiger charge is 2.08. The van der Waals surface area contributed by atoms with Crippen LogP contribution in [0.25, 0.3) is 0 Å². The molecule has 1 aromatic carbocycles. The van der Waals surface area contributed by atoms with E-state index in [0.717, 1.165) is 17.4 Å². The summed E-state index contributed by atoms with van der Waals surface area (Å²) in [6, 6.07) is 6.12. The molecule has 0 aliphatic heterocycles. The molecule has 0 aliphatic carbocycles. The fourth-order valence-corrected chi connectivity index (χ4v) is 1.78. The first-order valence-corrected chi connectivity index (χ1v) is 5.79. The number of anilines is 1. The molecule has 0 saturated carbocycles. The predicted molar refractivity (Wildman–Crippen MR) is 69.3 cm³/mol. The summed E-state index contributed by atoms with van der Waals surface area (Å²) in [4.78, 5) is 3.80. The van der Waals surface area contributed by atoms with Gasteiger partial charge in [0.1, 0.15) is 11.6 Å². The minimum Gasteiger partial charge on any atom is -0.506 e. The molecule has 2 aromatic rings. The molecule has 1 unspecified atom stereocenters. The van der Waals surface area contributed by atoms with Crippen LogP contribution in [0.4, 0.5) is 10.1 Å². The molecule has 1 atom stereocenters. The molecule has 2 rings (SSSR count). The fourth-order valence-electron chi connectivity index (χ4n) is 1.60. The minimum absolute atomic E-state index is 0.0299. The Morgan fingerprint density at radius 3 is 2.78 bits per heavy atom. The van der Waals surface area contributed by atoms with Crippen molar-refractivity contribution in [3.05, 3.63) is 53.1 Å². The van der Waals surface area contributed by atoms with Gasteiger partial charge in [0, 0.05) is 11.9 Å².